The molecule has 2 heterocycles. The molecule has 1 aromatic carbocycles. The Bertz CT molecular complexity index is 630. The molecular formula is C18H23N3O2. The van der Waals surface area contributed by atoms with E-state index in [1.807, 2.05) is 6.07 Å². The van der Waals surface area contributed by atoms with Crippen molar-refractivity contribution >= 4 is 0 Å². The van der Waals surface area contributed by atoms with Crippen LogP contribution in [0.2, 0.25) is 0 Å². The maximum absolute atomic E-state index is 5.21. The average molecular weight is 313 g/mol. The highest BCUT2D eigenvalue weighted by molar-refractivity contribution is 5.61. The topological polar surface area (TPSA) is 47.5 Å². The molecule has 2 aromatic rings. The van der Waals surface area contributed by atoms with Gasteiger partial charge in [-0.25, -0.2) is 0 Å². The summed E-state index contributed by atoms with van der Waals surface area (Å²) in [6, 6.07) is 11.2. The lowest BCUT2D eigenvalue weighted by molar-refractivity contribution is 0.263. The Balaban J connectivity index is 1.84. The van der Waals surface area contributed by atoms with Crippen LogP contribution in [-0.4, -0.2) is 42.2 Å². The van der Waals surface area contributed by atoms with Crippen LogP contribution in [0, 0.1) is 0 Å². The molecule has 0 radical (unpaired) electrons. The van der Waals surface area contributed by atoms with Crippen molar-refractivity contribution in [2.24, 2.45) is 0 Å². The SMILES string of the molecule is COc1cc(-c2ccc([C@@H](C)N3CCCC3)cc2)nc(OC)n1. The van der Waals surface area contributed by atoms with E-state index < -0.39 is 0 Å². The number of benzene rings is 1. The summed E-state index contributed by atoms with van der Waals surface area (Å²) < 4.78 is 10.3. The number of methoxy groups -OCH3 is 2. The van der Waals surface area contributed by atoms with E-state index in [4.69, 9.17) is 9.47 Å². The van der Waals surface area contributed by atoms with Crippen molar-refractivity contribution in [2.75, 3.05) is 27.3 Å². The first kappa shape index (κ1) is 15.7. The Labute approximate surface area is 137 Å². The highest BCUT2D eigenvalue weighted by atomic mass is 16.5. The van der Waals surface area contributed by atoms with Crippen LogP contribution in [0.25, 0.3) is 11.3 Å². The van der Waals surface area contributed by atoms with Gasteiger partial charge in [0.15, 0.2) is 0 Å². The van der Waals surface area contributed by atoms with Crippen molar-refractivity contribution in [3.63, 3.8) is 0 Å². The summed E-state index contributed by atoms with van der Waals surface area (Å²) in [7, 11) is 3.14. The lowest BCUT2D eigenvalue weighted by Gasteiger charge is -2.24. The molecule has 0 N–H and O–H groups in total. The van der Waals surface area contributed by atoms with Gasteiger partial charge in [-0.05, 0) is 38.4 Å². The Kier molecular flexibility index (Phi) is 4.76. The molecule has 23 heavy (non-hydrogen) atoms. The molecule has 0 saturated carbocycles. The van der Waals surface area contributed by atoms with Gasteiger partial charge in [-0.1, -0.05) is 24.3 Å². The van der Waals surface area contributed by atoms with Gasteiger partial charge >= 0.3 is 6.01 Å². The first-order valence-corrected chi connectivity index (χ1v) is 8.02. The molecule has 5 nitrogen and oxygen atoms in total. The van der Waals surface area contributed by atoms with E-state index in [0.29, 0.717) is 17.9 Å². The Morgan fingerprint density at radius 1 is 1.00 bits per heavy atom. The molecule has 1 atom stereocenters. The van der Waals surface area contributed by atoms with Crippen molar-refractivity contribution in [3.8, 4) is 23.1 Å². The molecule has 0 aliphatic carbocycles. The summed E-state index contributed by atoms with van der Waals surface area (Å²) >= 11 is 0. The summed E-state index contributed by atoms with van der Waals surface area (Å²) in [5.41, 5.74) is 3.17. The highest BCUT2D eigenvalue weighted by Crippen LogP contribution is 2.28. The number of aromatic nitrogens is 2. The van der Waals surface area contributed by atoms with E-state index in [1.165, 1.54) is 31.5 Å². The summed E-state index contributed by atoms with van der Waals surface area (Å²) in [5.74, 6) is 0.501. The van der Waals surface area contributed by atoms with Crippen LogP contribution in [0.3, 0.4) is 0 Å². The van der Waals surface area contributed by atoms with Crippen molar-refractivity contribution in [1.29, 1.82) is 0 Å². The van der Waals surface area contributed by atoms with E-state index >= 15 is 0 Å². The minimum absolute atomic E-state index is 0.314. The fraction of sp³-hybridized carbons (Fsp3) is 0.444. The van der Waals surface area contributed by atoms with Gasteiger partial charge in [-0.3, -0.25) is 4.90 Å². The third kappa shape index (κ3) is 3.45. The summed E-state index contributed by atoms with van der Waals surface area (Å²) in [4.78, 5) is 11.1. The Morgan fingerprint density at radius 2 is 1.70 bits per heavy atom. The predicted octanol–water partition coefficient (Wildman–Crippen LogP) is 3.32. The quantitative estimate of drug-likeness (QED) is 0.847. The van der Waals surface area contributed by atoms with Crippen LogP contribution < -0.4 is 9.47 Å². The molecule has 5 heteroatoms. The lowest BCUT2D eigenvalue weighted by Crippen LogP contribution is -2.23. The van der Waals surface area contributed by atoms with Crippen molar-refractivity contribution in [1.82, 2.24) is 14.9 Å². The van der Waals surface area contributed by atoms with Crippen LogP contribution in [0.1, 0.15) is 31.4 Å². The molecule has 3 rings (SSSR count). The minimum atomic E-state index is 0.314. The van der Waals surface area contributed by atoms with E-state index in [9.17, 15) is 0 Å². The third-order valence-corrected chi connectivity index (χ3v) is 4.45. The van der Waals surface area contributed by atoms with Gasteiger partial charge in [-0.2, -0.15) is 9.97 Å². The monoisotopic (exact) mass is 313 g/mol. The molecule has 1 aromatic heterocycles. The van der Waals surface area contributed by atoms with E-state index in [-0.39, 0.29) is 0 Å². The fourth-order valence-corrected chi connectivity index (χ4v) is 3.02. The smallest absolute Gasteiger partial charge is 0.320 e. The second kappa shape index (κ2) is 6.96. The van der Waals surface area contributed by atoms with Gasteiger partial charge in [0.25, 0.3) is 0 Å². The van der Waals surface area contributed by atoms with Crippen LogP contribution >= 0.6 is 0 Å². The normalized spacial score (nSPS) is 16.3. The number of likely N-dealkylation sites (tertiary alicyclic amines) is 1. The number of rotatable bonds is 5. The Morgan fingerprint density at radius 3 is 2.30 bits per heavy atom. The second-order valence-corrected chi connectivity index (χ2v) is 5.82. The second-order valence-electron chi connectivity index (χ2n) is 5.82. The highest BCUT2D eigenvalue weighted by Gasteiger charge is 2.19. The van der Waals surface area contributed by atoms with Crippen molar-refractivity contribution < 1.29 is 9.47 Å². The molecule has 1 fully saturated rings. The molecular weight excluding hydrogens is 290 g/mol. The first-order valence-electron chi connectivity index (χ1n) is 8.02. The van der Waals surface area contributed by atoms with Gasteiger partial charge in [0, 0.05) is 17.7 Å². The van der Waals surface area contributed by atoms with Gasteiger partial charge in [0.1, 0.15) is 0 Å². The summed E-state index contributed by atoms with van der Waals surface area (Å²) in [5, 5.41) is 0. The standard InChI is InChI=1S/C18H23N3O2/c1-13(21-10-4-5-11-21)14-6-8-15(9-7-14)16-12-17(22-2)20-18(19-16)23-3/h6-9,12-13H,4-5,10-11H2,1-3H3/t13-/m1/s1. The van der Waals surface area contributed by atoms with Crippen molar-refractivity contribution in [3.05, 3.63) is 35.9 Å². The fourth-order valence-electron chi connectivity index (χ4n) is 3.02. The molecule has 1 aliphatic heterocycles. The van der Waals surface area contributed by atoms with Gasteiger partial charge in [0.2, 0.25) is 5.88 Å². The van der Waals surface area contributed by atoms with E-state index in [2.05, 4.69) is 46.1 Å². The van der Waals surface area contributed by atoms with E-state index in [0.717, 1.165) is 11.3 Å². The zero-order valence-electron chi connectivity index (χ0n) is 14.0. The van der Waals surface area contributed by atoms with Crippen molar-refractivity contribution in [2.45, 2.75) is 25.8 Å². The third-order valence-electron chi connectivity index (χ3n) is 4.45. The summed E-state index contributed by atoms with van der Waals surface area (Å²) in [6.45, 7) is 4.67. The molecule has 122 valence electrons. The zero-order chi connectivity index (χ0) is 16.2. The molecule has 0 unspecified atom stereocenters. The zero-order valence-corrected chi connectivity index (χ0v) is 14.0. The minimum Gasteiger partial charge on any atom is -0.481 e. The molecule has 0 bridgehead atoms. The van der Waals surface area contributed by atoms with Crippen LogP contribution in [0.5, 0.6) is 11.9 Å². The number of ether oxygens (including phenoxy) is 2. The number of hydrogen-bond donors (Lipinski definition) is 0. The van der Waals surface area contributed by atoms with Crippen LogP contribution in [0.15, 0.2) is 30.3 Å². The molecule has 0 amide bonds. The molecule has 0 spiro atoms. The maximum Gasteiger partial charge on any atom is 0.320 e. The number of hydrogen-bond acceptors (Lipinski definition) is 5. The van der Waals surface area contributed by atoms with Crippen LogP contribution in [0.4, 0.5) is 0 Å². The maximum atomic E-state index is 5.21. The largest absolute Gasteiger partial charge is 0.481 e. The first-order chi connectivity index (χ1) is 11.2. The lowest BCUT2D eigenvalue weighted by atomic mass is 10.0. The van der Waals surface area contributed by atoms with E-state index in [1.54, 1.807) is 14.2 Å². The number of nitrogens with zero attached hydrogens (tertiary/aromatic N) is 3. The Hall–Kier alpha value is -2.14. The van der Waals surface area contributed by atoms with Gasteiger partial charge < -0.3 is 9.47 Å². The van der Waals surface area contributed by atoms with Gasteiger partial charge in [0.05, 0.1) is 19.9 Å². The predicted molar refractivity (Wildman–Crippen MR) is 89.8 cm³/mol. The molecule has 1 aliphatic rings. The average Bonchev–Trinajstić information content (AvgIpc) is 3.15. The summed E-state index contributed by atoms with van der Waals surface area (Å²) in [6.07, 6.45) is 2.62. The van der Waals surface area contributed by atoms with Crippen LogP contribution in [-0.2, 0) is 0 Å². The van der Waals surface area contributed by atoms with Gasteiger partial charge in [-0.15, -0.1) is 0 Å². The molecule has 1 saturated heterocycles.